The quantitative estimate of drug-likeness (QED) is 0.0556. The molecule has 0 aliphatic heterocycles. The van der Waals surface area contributed by atoms with Crippen molar-refractivity contribution in [2.75, 3.05) is 32.1 Å². The molecule has 51 heavy (non-hydrogen) atoms. The lowest BCUT2D eigenvalue weighted by molar-refractivity contribution is -0.671. The molecule has 1 heterocycles. The first kappa shape index (κ1) is 46.8. The predicted octanol–water partition coefficient (Wildman–Crippen LogP) is 5.32. The van der Waals surface area contributed by atoms with Gasteiger partial charge in [0.15, 0.2) is 6.20 Å². The largest absolute Gasteiger partial charge is 1.00 e. The minimum atomic E-state index is -3.65. The maximum atomic E-state index is 12.8. The van der Waals surface area contributed by atoms with Gasteiger partial charge in [0, 0.05) is 37.0 Å². The molecule has 0 fully saturated rings. The molecule has 0 saturated heterocycles. The zero-order valence-corrected chi connectivity index (χ0v) is 34.5. The normalized spacial score (nSPS) is 11.9. The van der Waals surface area contributed by atoms with Gasteiger partial charge in [0.05, 0.1) is 18.4 Å². The fourth-order valence-corrected chi connectivity index (χ4v) is 7.01. The SMILES string of the molecule is CCCCCCCCCCCCCCCCCCNC(=O)OCC(CNS(=O)(=O)CCC[n+]1cccc2ccccc21)NC(=O)OCCCC.[I-]. The average molecular weight is 847 g/mol. The lowest BCUT2D eigenvalue weighted by Gasteiger charge is -2.19. The van der Waals surface area contributed by atoms with Gasteiger partial charge in [0.25, 0.3) is 0 Å². The summed E-state index contributed by atoms with van der Waals surface area (Å²) in [6.45, 7) is 5.24. The van der Waals surface area contributed by atoms with Gasteiger partial charge >= 0.3 is 12.2 Å². The lowest BCUT2D eigenvalue weighted by Crippen LogP contribution is -3.00. The van der Waals surface area contributed by atoms with Crippen molar-refractivity contribution >= 4 is 33.1 Å². The molecule has 0 radical (unpaired) electrons. The summed E-state index contributed by atoms with van der Waals surface area (Å²) in [5.74, 6) is -0.0858. The van der Waals surface area contributed by atoms with Crippen molar-refractivity contribution in [1.82, 2.24) is 15.4 Å². The van der Waals surface area contributed by atoms with Crippen LogP contribution in [0.15, 0.2) is 42.6 Å². The van der Waals surface area contributed by atoms with E-state index in [4.69, 9.17) is 9.47 Å². The number of nitrogens with one attached hydrogen (secondary N) is 3. The second kappa shape index (κ2) is 30.3. The summed E-state index contributed by atoms with van der Waals surface area (Å²) in [6.07, 6.45) is 23.3. The fourth-order valence-electron chi connectivity index (χ4n) is 5.90. The maximum Gasteiger partial charge on any atom is 0.407 e. The highest BCUT2D eigenvalue weighted by atomic mass is 127. The van der Waals surface area contributed by atoms with Crippen LogP contribution in [0.4, 0.5) is 9.59 Å². The Hall–Kier alpha value is -2.19. The minimum absolute atomic E-state index is 0. The van der Waals surface area contributed by atoms with E-state index in [-0.39, 0.29) is 49.5 Å². The van der Waals surface area contributed by atoms with Gasteiger partial charge in [-0.05, 0) is 25.0 Å². The highest BCUT2D eigenvalue weighted by Gasteiger charge is 2.20. The molecule has 2 aromatic rings. The molecular formula is C39H67IN4O6S. The molecule has 1 unspecified atom stereocenters. The van der Waals surface area contributed by atoms with Crippen LogP contribution >= 0.6 is 0 Å². The van der Waals surface area contributed by atoms with Crippen LogP contribution in [0.3, 0.4) is 0 Å². The molecule has 2 rings (SSSR count). The summed E-state index contributed by atoms with van der Waals surface area (Å²) in [5, 5.41) is 6.49. The summed E-state index contributed by atoms with van der Waals surface area (Å²) in [5.41, 5.74) is 1.04. The predicted molar refractivity (Wildman–Crippen MR) is 203 cm³/mol. The monoisotopic (exact) mass is 846 g/mol. The van der Waals surface area contributed by atoms with Crippen LogP contribution in [0.25, 0.3) is 10.9 Å². The zero-order chi connectivity index (χ0) is 36.1. The summed E-state index contributed by atoms with van der Waals surface area (Å²) < 4.78 is 40.8. The smallest absolute Gasteiger partial charge is 0.407 e. The number of para-hydroxylation sites is 1. The molecule has 0 aliphatic rings. The van der Waals surface area contributed by atoms with Crippen LogP contribution < -0.4 is 43.9 Å². The number of carbonyl (C=O) groups is 2. The van der Waals surface area contributed by atoms with Gasteiger partial charge in [0.2, 0.25) is 15.5 Å². The minimum Gasteiger partial charge on any atom is -1.00 e. The Bertz CT molecular complexity index is 1290. The molecule has 1 aromatic heterocycles. The highest BCUT2D eigenvalue weighted by molar-refractivity contribution is 7.89. The van der Waals surface area contributed by atoms with Crippen LogP contribution in [0.1, 0.15) is 136 Å². The lowest BCUT2D eigenvalue weighted by atomic mass is 10.0. The number of pyridine rings is 1. The number of hydrogen-bond donors (Lipinski definition) is 3. The number of hydrogen-bond acceptors (Lipinski definition) is 6. The van der Waals surface area contributed by atoms with Crippen molar-refractivity contribution in [3.8, 4) is 0 Å². The Morgan fingerprint density at radius 2 is 1.27 bits per heavy atom. The summed E-state index contributed by atoms with van der Waals surface area (Å²) in [6, 6.07) is 11.1. The molecular weight excluding hydrogens is 779 g/mol. The molecule has 12 heteroatoms. The molecule has 1 aromatic carbocycles. The fraction of sp³-hybridized carbons (Fsp3) is 0.718. The number of benzene rings is 1. The highest BCUT2D eigenvalue weighted by Crippen LogP contribution is 2.14. The number of unbranched alkanes of at least 4 members (excludes halogenated alkanes) is 16. The topological polar surface area (TPSA) is 127 Å². The van der Waals surface area contributed by atoms with E-state index < -0.39 is 28.3 Å². The molecule has 10 nitrogen and oxygen atoms in total. The molecule has 0 bridgehead atoms. The molecule has 1 atom stereocenters. The molecule has 2 amide bonds. The number of aromatic nitrogens is 1. The number of nitrogens with zero attached hydrogens (tertiary/aromatic N) is 1. The Morgan fingerprint density at radius 3 is 1.90 bits per heavy atom. The van der Waals surface area contributed by atoms with Crippen LogP contribution in [-0.2, 0) is 26.0 Å². The van der Waals surface area contributed by atoms with Crippen molar-refractivity contribution in [3.05, 3.63) is 42.6 Å². The van der Waals surface area contributed by atoms with E-state index in [2.05, 4.69) is 22.3 Å². The van der Waals surface area contributed by atoms with E-state index in [0.717, 1.165) is 43.0 Å². The number of ether oxygens (including phenoxy) is 2. The first-order chi connectivity index (χ1) is 24.3. The number of sulfonamides is 1. The van der Waals surface area contributed by atoms with Crippen LogP contribution in [-0.4, -0.2) is 58.7 Å². The summed E-state index contributed by atoms with van der Waals surface area (Å²) >= 11 is 0. The maximum absolute atomic E-state index is 12.8. The van der Waals surface area contributed by atoms with E-state index in [0.29, 0.717) is 19.5 Å². The van der Waals surface area contributed by atoms with Crippen molar-refractivity contribution in [2.45, 2.75) is 148 Å². The Labute approximate surface area is 326 Å². The Kier molecular flexibility index (Phi) is 27.8. The number of alkyl carbamates (subject to hydrolysis) is 2. The number of fused-ring (bicyclic) bond motifs is 1. The van der Waals surface area contributed by atoms with Gasteiger partial charge < -0.3 is 44.1 Å². The summed E-state index contributed by atoms with van der Waals surface area (Å²) in [4.78, 5) is 24.7. The Morgan fingerprint density at radius 1 is 0.706 bits per heavy atom. The molecule has 0 saturated carbocycles. The van der Waals surface area contributed by atoms with Gasteiger partial charge in [-0.3, -0.25) is 0 Å². The van der Waals surface area contributed by atoms with Gasteiger partial charge in [0.1, 0.15) is 13.2 Å². The first-order valence-corrected chi connectivity index (χ1v) is 21.2. The van der Waals surface area contributed by atoms with Gasteiger partial charge in [-0.2, -0.15) is 4.57 Å². The zero-order valence-electron chi connectivity index (χ0n) is 31.5. The average Bonchev–Trinajstić information content (AvgIpc) is 3.11. The van der Waals surface area contributed by atoms with Crippen molar-refractivity contribution in [3.63, 3.8) is 0 Å². The second-order valence-corrected chi connectivity index (χ2v) is 15.4. The summed E-state index contributed by atoms with van der Waals surface area (Å²) in [7, 11) is -3.65. The third kappa shape index (κ3) is 23.9. The van der Waals surface area contributed by atoms with Crippen LogP contribution in [0, 0.1) is 0 Å². The first-order valence-electron chi connectivity index (χ1n) is 19.5. The van der Waals surface area contributed by atoms with Crippen molar-refractivity contribution in [2.24, 2.45) is 0 Å². The van der Waals surface area contributed by atoms with E-state index in [9.17, 15) is 18.0 Å². The van der Waals surface area contributed by atoms with E-state index in [1.165, 1.54) is 83.5 Å². The molecule has 0 spiro atoms. The van der Waals surface area contributed by atoms with Crippen LogP contribution in [0.2, 0.25) is 0 Å². The van der Waals surface area contributed by atoms with Gasteiger partial charge in [-0.1, -0.05) is 129 Å². The number of rotatable bonds is 30. The van der Waals surface area contributed by atoms with E-state index in [1.807, 2.05) is 54.1 Å². The van der Waals surface area contributed by atoms with E-state index in [1.54, 1.807) is 0 Å². The number of aryl methyl sites for hydroxylation is 1. The third-order valence-corrected chi connectivity index (χ3v) is 10.4. The van der Waals surface area contributed by atoms with Gasteiger partial charge in [-0.25, -0.2) is 22.7 Å². The standard InChI is InChI=1S/C39H66N4O6S.HI/c1-3-5-7-8-9-10-11-12-13-14-15-16-17-18-19-22-28-40-38(44)49-34-36(42-39(45)48-31-6-4-2)33-41-50(46,47)32-24-30-43-29-23-26-35-25-20-21-27-37(35)43;/h20-21,23,25-27,29,36,41H,3-19,22,24,28,30-34H2,1-2H3,(H-,40,42,44,45);1H. The molecule has 0 aliphatic carbocycles. The number of carbonyl (C=O) groups excluding carboxylic acids is 2. The molecule has 3 N–H and O–H groups in total. The Balaban J connectivity index is 0.0000130. The van der Waals surface area contributed by atoms with Gasteiger partial charge in [-0.15, -0.1) is 0 Å². The van der Waals surface area contributed by atoms with Crippen molar-refractivity contribution in [1.29, 1.82) is 0 Å². The van der Waals surface area contributed by atoms with Crippen LogP contribution in [0.5, 0.6) is 0 Å². The number of halogens is 1. The molecule has 292 valence electrons. The number of amides is 2. The third-order valence-electron chi connectivity index (χ3n) is 8.92. The van der Waals surface area contributed by atoms with E-state index >= 15 is 0 Å². The van der Waals surface area contributed by atoms with Crippen molar-refractivity contribution < 1.29 is 56.0 Å². The second-order valence-electron chi connectivity index (χ2n) is 13.4.